The van der Waals surface area contributed by atoms with Gasteiger partial charge in [-0.15, -0.1) is 11.3 Å². The standard InChI is InChI=1S/C34H46N4O5SSi/c1-20(2)45(21(3)4,22(5)6)43-29-15-26(13-24(29)17-39)37-33-28(16-35-19-36-33)32(40)30-14-25(18-44-30)31-27-10-8-7-9-23(27)11-12-38(31)34(41)42/h7-10,14,16,18-22,24,26,29,31,39H,11-13,15,17H2,1-6H3,(H,41,42)(H,35,36,37)/t24-,26-,29+,31+/m1/s1. The fraction of sp³-hybridized carbons (Fsp3) is 0.529. The molecule has 2 aromatic heterocycles. The van der Waals surface area contributed by atoms with Gasteiger partial charge in [0.25, 0.3) is 0 Å². The second-order valence-electron chi connectivity index (χ2n) is 13.4. The number of nitrogens with zero attached hydrogens (tertiary/aromatic N) is 3. The van der Waals surface area contributed by atoms with Crippen LogP contribution in [-0.4, -0.2) is 70.6 Å². The molecule has 1 aromatic carbocycles. The smallest absolute Gasteiger partial charge is 0.408 e. The first-order valence-corrected chi connectivity index (χ1v) is 19.1. The molecule has 0 spiro atoms. The molecule has 1 fully saturated rings. The molecule has 1 aliphatic heterocycles. The first-order valence-electron chi connectivity index (χ1n) is 16.0. The van der Waals surface area contributed by atoms with Crippen molar-refractivity contribution in [1.82, 2.24) is 14.9 Å². The Kier molecular flexibility index (Phi) is 10.1. The van der Waals surface area contributed by atoms with E-state index in [1.807, 2.05) is 35.7 Å². The Morgan fingerprint density at radius 1 is 1.11 bits per heavy atom. The second-order valence-corrected chi connectivity index (χ2v) is 19.7. The number of carboxylic acid groups (broad SMARTS) is 1. The number of aromatic nitrogens is 2. The van der Waals surface area contributed by atoms with Crippen LogP contribution in [0.1, 0.15) is 92.4 Å². The highest BCUT2D eigenvalue weighted by molar-refractivity contribution is 7.12. The summed E-state index contributed by atoms with van der Waals surface area (Å²) in [5.41, 5.74) is 4.53. The number of carbonyl (C=O) groups excluding carboxylic acids is 1. The number of thiophene rings is 1. The van der Waals surface area contributed by atoms with Crippen LogP contribution in [0.4, 0.5) is 10.6 Å². The number of nitrogens with one attached hydrogen (secondary N) is 1. The summed E-state index contributed by atoms with van der Waals surface area (Å²) in [4.78, 5) is 36.7. The number of benzene rings is 1. The lowest BCUT2D eigenvalue weighted by molar-refractivity contribution is 0.0941. The fourth-order valence-electron chi connectivity index (χ4n) is 7.89. The Hall–Kier alpha value is -3.12. The average molecular weight is 651 g/mol. The van der Waals surface area contributed by atoms with Gasteiger partial charge in [-0.3, -0.25) is 9.69 Å². The van der Waals surface area contributed by atoms with E-state index in [4.69, 9.17) is 4.43 Å². The van der Waals surface area contributed by atoms with Crippen molar-refractivity contribution < 1.29 is 24.2 Å². The predicted molar refractivity (Wildman–Crippen MR) is 180 cm³/mol. The quantitative estimate of drug-likeness (QED) is 0.148. The molecule has 242 valence electrons. The van der Waals surface area contributed by atoms with Gasteiger partial charge in [-0.1, -0.05) is 65.8 Å². The van der Waals surface area contributed by atoms with Gasteiger partial charge >= 0.3 is 6.09 Å². The third-order valence-electron chi connectivity index (χ3n) is 9.91. The zero-order valence-corrected chi connectivity index (χ0v) is 28.9. The zero-order valence-electron chi connectivity index (χ0n) is 27.1. The van der Waals surface area contributed by atoms with Gasteiger partial charge in [-0.2, -0.15) is 0 Å². The Bertz CT molecular complexity index is 1490. The molecule has 4 atom stereocenters. The zero-order chi connectivity index (χ0) is 32.5. The maximum atomic E-state index is 13.9. The molecule has 45 heavy (non-hydrogen) atoms. The summed E-state index contributed by atoms with van der Waals surface area (Å²) in [6.45, 7) is 14.1. The van der Waals surface area contributed by atoms with Crippen LogP contribution < -0.4 is 5.32 Å². The summed E-state index contributed by atoms with van der Waals surface area (Å²) in [5.74, 6) is 0.250. The van der Waals surface area contributed by atoms with Gasteiger partial charge in [0.15, 0.2) is 0 Å². The number of amides is 1. The first-order chi connectivity index (χ1) is 21.5. The number of aliphatic hydroxyl groups excluding tert-OH is 1. The summed E-state index contributed by atoms with van der Waals surface area (Å²) < 4.78 is 7.11. The molecule has 0 bridgehead atoms. The van der Waals surface area contributed by atoms with Crippen LogP contribution >= 0.6 is 11.3 Å². The number of fused-ring (bicyclic) bond motifs is 1. The van der Waals surface area contributed by atoms with E-state index in [1.165, 1.54) is 28.8 Å². The highest BCUT2D eigenvalue weighted by Gasteiger charge is 2.49. The minimum atomic E-state index is -2.15. The van der Waals surface area contributed by atoms with Crippen LogP contribution in [0, 0.1) is 5.92 Å². The number of rotatable bonds is 11. The van der Waals surface area contributed by atoms with Crippen LogP contribution in [0.2, 0.25) is 16.6 Å². The lowest BCUT2D eigenvalue weighted by atomic mass is 9.89. The monoisotopic (exact) mass is 650 g/mol. The highest BCUT2D eigenvalue weighted by Crippen LogP contribution is 2.46. The van der Waals surface area contributed by atoms with Gasteiger partial charge in [0.05, 0.1) is 22.6 Å². The van der Waals surface area contributed by atoms with Crippen molar-refractivity contribution in [3.8, 4) is 0 Å². The minimum Gasteiger partial charge on any atom is -0.465 e. The van der Waals surface area contributed by atoms with Crippen molar-refractivity contribution in [2.24, 2.45) is 5.92 Å². The van der Waals surface area contributed by atoms with Crippen LogP contribution in [0.3, 0.4) is 0 Å². The molecule has 3 N–H and O–H groups in total. The topological polar surface area (TPSA) is 125 Å². The Morgan fingerprint density at radius 3 is 2.49 bits per heavy atom. The van der Waals surface area contributed by atoms with Gasteiger partial charge in [-0.05, 0) is 64.0 Å². The summed E-state index contributed by atoms with van der Waals surface area (Å²) >= 11 is 1.30. The van der Waals surface area contributed by atoms with Crippen molar-refractivity contribution in [2.45, 2.75) is 95.6 Å². The molecule has 1 saturated carbocycles. The fourth-order valence-corrected chi connectivity index (χ4v) is 14.4. The maximum absolute atomic E-state index is 13.9. The van der Waals surface area contributed by atoms with E-state index < -0.39 is 20.5 Å². The maximum Gasteiger partial charge on any atom is 0.408 e. The lowest BCUT2D eigenvalue weighted by Crippen LogP contribution is -2.51. The van der Waals surface area contributed by atoms with Gasteiger partial charge in [-0.25, -0.2) is 14.8 Å². The summed E-state index contributed by atoms with van der Waals surface area (Å²) in [6.07, 6.45) is 4.02. The average Bonchev–Trinajstić information content (AvgIpc) is 3.65. The number of ketones is 1. The van der Waals surface area contributed by atoms with Gasteiger partial charge in [0, 0.05) is 31.3 Å². The van der Waals surface area contributed by atoms with Crippen molar-refractivity contribution in [3.05, 3.63) is 75.4 Å². The van der Waals surface area contributed by atoms with E-state index in [2.05, 4.69) is 56.8 Å². The summed E-state index contributed by atoms with van der Waals surface area (Å²) in [7, 11) is -2.15. The molecule has 5 rings (SSSR count). The molecule has 11 heteroatoms. The largest absolute Gasteiger partial charge is 0.465 e. The van der Waals surface area contributed by atoms with Crippen LogP contribution in [0.5, 0.6) is 0 Å². The Labute approximate surface area is 271 Å². The van der Waals surface area contributed by atoms with Crippen LogP contribution in [-0.2, 0) is 10.8 Å². The van der Waals surface area contributed by atoms with Crippen molar-refractivity contribution >= 4 is 37.3 Å². The molecule has 0 saturated heterocycles. The van der Waals surface area contributed by atoms with E-state index in [0.717, 1.165) is 23.1 Å². The predicted octanol–water partition coefficient (Wildman–Crippen LogP) is 7.14. The van der Waals surface area contributed by atoms with Gasteiger partial charge in [0.2, 0.25) is 14.1 Å². The lowest BCUT2D eigenvalue weighted by Gasteiger charge is -2.45. The molecule has 0 radical (unpaired) electrons. The van der Waals surface area contributed by atoms with Crippen LogP contribution in [0.15, 0.2) is 48.2 Å². The van der Waals surface area contributed by atoms with E-state index >= 15 is 0 Å². The molecule has 3 aromatic rings. The molecule has 3 heterocycles. The van der Waals surface area contributed by atoms with E-state index in [-0.39, 0.29) is 30.5 Å². The first kappa shape index (κ1) is 33.2. The molecule has 9 nitrogen and oxygen atoms in total. The molecular formula is C34H46N4O5SSi. The minimum absolute atomic E-state index is 0.00187. The third kappa shape index (κ3) is 6.45. The SMILES string of the molecule is CC(C)[Si](O[C@H]1C[C@H](Nc2ncncc2C(=O)c2cc([C@H]3c4ccccc4CCN3C(=O)O)cs2)C[C@@H]1CO)(C(C)C)C(C)C. The van der Waals surface area contributed by atoms with Crippen molar-refractivity contribution in [2.75, 3.05) is 18.5 Å². The third-order valence-corrected chi connectivity index (χ3v) is 17.0. The Morgan fingerprint density at radius 2 is 1.82 bits per heavy atom. The number of aliphatic hydroxyl groups is 1. The van der Waals surface area contributed by atoms with Gasteiger partial charge < -0.3 is 20.0 Å². The van der Waals surface area contributed by atoms with Crippen LogP contribution in [0.25, 0.3) is 0 Å². The van der Waals surface area contributed by atoms with E-state index in [0.29, 0.717) is 52.3 Å². The Balaban J connectivity index is 1.37. The molecular weight excluding hydrogens is 605 g/mol. The summed E-state index contributed by atoms with van der Waals surface area (Å²) in [6, 6.07) is 9.21. The summed E-state index contributed by atoms with van der Waals surface area (Å²) in [5, 5.41) is 25.7. The van der Waals surface area contributed by atoms with E-state index in [1.54, 1.807) is 0 Å². The highest BCUT2D eigenvalue weighted by atomic mass is 32.1. The van der Waals surface area contributed by atoms with Gasteiger partial charge in [0.1, 0.15) is 12.1 Å². The number of hydrogen-bond donors (Lipinski definition) is 3. The van der Waals surface area contributed by atoms with Crippen molar-refractivity contribution in [3.63, 3.8) is 0 Å². The molecule has 0 unspecified atom stereocenters. The second kappa shape index (κ2) is 13.7. The normalized spacial score (nSPS) is 21.9. The number of anilines is 1. The number of carbonyl (C=O) groups is 2. The molecule has 1 amide bonds. The van der Waals surface area contributed by atoms with Crippen molar-refractivity contribution in [1.29, 1.82) is 0 Å². The van der Waals surface area contributed by atoms with E-state index in [9.17, 15) is 19.8 Å². The molecule has 2 aliphatic rings. The molecule has 1 aliphatic carbocycles. The number of hydrogen-bond acceptors (Lipinski definition) is 8.